The molecule has 1 aromatic rings. The van der Waals surface area contributed by atoms with Crippen molar-refractivity contribution in [3.63, 3.8) is 0 Å². The van der Waals surface area contributed by atoms with Crippen LogP contribution < -0.4 is 9.47 Å². The Morgan fingerprint density at radius 1 is 1.19 bits per heavy atom. The largest absolute Gasteiger partial charge is 0.493 e. The van der Waals surface area contributed by atoms with Gasteiger partial charge in [0.15, 0.2) is 11.5 Å². The molecular formula is C27H37NO4. The van der Waals surface area contributed by atoms with Gasteiger partial charge in [0.05, 0.1) is 20.1 Å². The lowest BCUT2D eigenvalue weighted by atomic mass is 9.59. The van der Waals surface area contributed by atoms with Crippen LogP contribution in [0.3, 0.4) is 0 Å². The van der Waals surface area contributed by atoms with Crippen LogP contribution in [0.4, 0.5) is 0 Å². The summed E-state index contributed by atoms with van der Waals surface area (Å²) in [5.74, 6) is 2.31. The van der Waals surface area contributed by atoms with Crippen LogP contribution in [-0.4, -0.2) is 44.3 Å². The molecule has 2 fully saturated rings. The van der Waals surface area contributed by atoms with E-state index in [1.807, 2.05) is 0 Å². The van der Waals surface area contributed by atoms with Crippen LogP contribution >= 0.6 is 0 Å². The first kappa shape index (κ1) is 21.8. The normalized spacial score (nSPS) is 36.5. The summed E-state index contributed by atoms with van der Waals surface area (Å²) in [5.41, 5.74) is 4.38. The van der Waals surface area contributed by atoms with E-state index < -0.39 is 0 Å². The van der Waals surface area contributed by atoms with Crippen LogP contribution in [0.25, 0.3) is 0 Å². The highest BCUT2D eigenvalue weighted by atomic mass is 16.6. The number of nitrogens with zero attached hydrogens (tertiary/aromatic N) is 1. The van der Waals surface area contributed by atoms with Crippen LogP contribution in [0, 0.1) is 23.2 Å². The number of ether oxygens (including phenoxy) is 3. The molecule has 1 saturated carbocycles. The van der Waals surface area contributed by atoms with E-state index in [4.69, 9.17) is 14.2 Å². The van der Waals surface area contributed by atoms with Gasteiger partial charge in [-0.2, -0.15) is 0 Å². The first-order valence-corrected chi connectivity index (χ1v) is 12.3. The summed E-state index contributed by atoms with van der Waals surface area (Å²) in [7, 11) is 3.36. The molecule has 5 nitrogen and oxygen atoms in total. The summed E-state index contributed by atoms with van der Waals surface area (Å²) < 4.78 is 17.0. The Balaban J connectivity index is 1.39. The molecule has 2 aliphatic heterocycles. The van der Waals surface area contributed by atoms with E-state index in [2.05, 4.69) is 43.9 Å². The molecule has 0 aromatic heterocycles. The first-order valence-electron chi connectivity index (χ1n) is 12.3. The number of fused-ring (bicyclic) bond motifs is 3. The number of allylic oxidation sites excluding steroid dienone is 1. The Morgan fingerprint density at radius 3 is 2.69 bits per heavy atom. The summed E-state index contributed by atoms with van der Waals surface area (Å²) in [5, 5.41) is 0. The molecule has 2 aliphatic carbocycles. The zero-order valence-corrected chi connectivity index (χ0v) is 20.1. The number of benzene rings is 1. The number of rotatable bonds is 4. The van der Waals surface area contributed by atoms with Crippen molar-refractivity contribution in [2.75, 3.05) is 27.3 Å². The Hall–Kier alpha value is -2.01. The van der Waals surface area contributed by atoms with E-state index in [0.29, 0.717) is 5.92 Å². The molecule has 5 rings (SSSR count). The molecule has 4 aliphatic rings. The van der Waals surface area contributed by atoms with Gasteiger partial charge in [-0.15, -0.1) is 0 Å². The van der Waals surface area contributed by atoms with Crippen molar-refractivity contribution in [3.05, 3.63) is 34.9 Å². The molecule has 5 heteroatoms. The van der Waals surface area contributed by atoms with Crippen molar-refractivity contribution in [2.45, 2.75) is 65.0 Å². The maximum absolute atomic E-state index is 13.0. The van der Waals surface area contributed by atoms with Gasteiger partial charge in [0, 0.05) is 25.0 Å². The molecule has 0 bridgehead atoms. The van der Waals surface area contributed by atoms with E-state index in [-0.39, 0.29) is 35.4 Å². The maximum atomic E-state index is 13.0. The van der Waals surface area contributed by atoms with Gasteiger partial charge in [-0.25, -0.2) is 0 Å². The van der Waals surface area contributed by atoms with Crippen molar-refractivity contribution in [1.82, 2.24) is 4.90 Å². The first-order chi connectivity index (χ1) is 15.3. The van der Waals surface area contributed by atoms with Gasteiger partial charge in [-0.05, 0) is 67.2 Å². The van der Waals surface area contributed by atoms with Gasteiger partial charge in [0.2, 0.25) is 0 Å². The quantitative estimate of drug-likeness (QED) is 0.491. The van der Waals surface area contributed by atoms with Gasteiger partial charge < -0.3 is 14.2 Å². The molecule has 2 heterocycles. The third-order valence-corrected chi connectivity index (χ3v) is 8.82. The fourth-order valence-electron chi connectivity index (χ4n) is 6.96. The second kappa shape index (κ2) is 8.09. The van der Waals surface area contributed by atoms with Crippen molar-refractivity contribution < 1.29 is 19.0 Å². The predicted molar refractivity (Wildman–Crippen MR) is 124 cm³/mol. The van der Waals surface area contributed by atoms with Gasteiger partial charge >= 0.3 is 5.97 Å². The highest BCUT2D eigenvalue weighted by Gasteiger charge is 2.52. The Bertz CT molecular complexity index is 940. The number of esters is 1. The third kappa shape index (κ3) is 3.44. The zero-order valence-electron chi connectivity index (χ0n) is 20.1. The molecule has 0 N–H and O–H groups in total. The average molecular weight is 440 g/mol. The average Bonchev–Trinajstić information content (AvgIpc) is 3.06. The minimum Gasteiger partial charge on any atom is -0.493 e. The predicted octanol–water partition coefficient (Wildman–Crippen LogP) is 4.94. The van der Waals surface area contributed by atoms with Crippen molar-refractivity contribution >= 4 is 5.97 Å². The number of hydrogen-bond donors (Lipinski definition) is 0. The summed E-state index contributed by atoms with van der Waals surface area (Å²) in [4.78, 5) is 15.5. The Labute approximate surface area is 192 Å². The van der Waals surface area contributed by atoms with Crippen LogP contribution in [-0.2, 0) is 16.0 Å². The molecule has 32 heavy (non-hydrogen) atoms. The summed E-state index contributed by atoms with van der Waals surface area (Å²) >= 11 is 0. The van der Waals surface area contributed by atoms with Crippen molar-refractivity contribution in [2.24, 2.45) is 23.2 Å². The highest BCUT2D eigenvalue weighted by Crippen LogP contribution is 2.54. The molecule has 6 atom stereocenters. The van der Waals surface area contributed by atoms with Gasteiger partial charge in [-0.3, -0.25) is 9.69 Å². The van der Waals surface area contributed by atoms with Crippen molar-refractivity contribution in [3.8, 4) is 11.5 Å². The lowest BCUT2D eigenvalue weighted by Gasteiger charge is -2.46. The van der Waals surface area contributed by atoms with E-state index in [1.165, 1.54) is 30.4 Å². The summed E-state index contributed by atoms with van der Waals surface area (Å²) in [6.07, 6.45) is 8.22. The zero-order chi connectivity index (χ0) is 22.6. The van der Waals surface area contributed by atoms with Crippen LogP contribution in [0.2, 0.25) is 0 Å². The van der Waals surface area contributed by atoms with E-state index in [0.717, 1.165) is 37.4 Å². The fraction of sp³-hybridized carbons (Fsp3) is 0.667. The number of hydrogen-bond acceptors (Lipinski definition) is 5. The van der Waals surface area contributed by atoms with Crippen LogP contribution in [0.15, 0.2) is 23.8 Å². The van der Waals surface area contributed by atoms with E-state index in [9.17, 15) is 4.79 Å². The standard InChI is InChI=1S/C27H37NO4/c1-16-7-6-9-27(3)14-25-20(12-22(16)27)21(26(29)32-25)15-28-10-8-18-11-23(30-4)24(31-5)13-19(18)17(28)2/h11-13,16-17,20-21,25H,6-10,14-15H2,1-5H3/t16-,17+,20+,21-,25-,27+/m1/s1. The summed E-state index contributed by atoms with van der Waals surface area (Å²) in [6, 6.07) is 4.44. The van der Waals surface area contributed by atoms with Crippen LogP contribution in [0.5, 0.6) is 11.5 Å². The lowest BCUT2D eigenvalue weighted by molar-refractivity contribution is -0.145. The third-order valence-electron chi connectivity index (χ3n) is 8.82. The van der Waals surface area contributed by atoms with Gasteiger partial charge in [-0.1, -0.05) is 31.9 Å². The molecule has 0 unspecified atom stereocenters. The minimum atomic E-state index is -0.0738. The number of carbonyl (C=O) groups is 1. The molecule has 0 spiro atoms. The fourth-order valence-corrected chi connectivity index (χ4v) is 6.96. The monoisotopic (exact) mass is 439 g/mol. The Kier molecular flexibility index (Phi) is 5.51. The number of methoxy groups -OCH3 is 2. The summed E-state index contributed by atoms with van der Waals surface area (Å²) in [6.45, 7) is 8.68. The Morgan fingerprint density at radius 2 is 1.94 bits per heavy atom. The van der Waals surface area contributed by atoms with Crippen LogP contribution in [0.1, 0.15) is 63.6 Å². The molecule has 1 aromatic carbocycles. The maximum Gasteiger partial charge on any atom is 0.311 e. The second-order valence-corrected chi connectivity index (χ2v) is 10.7. The topological polar surface area (TPSA) is 48.0 Å². The van der Waals surface area contributed by atoms with E-state index >= 15 is 0 Å². The SMILES string of the molecule is COc1cc2c(cc1OC)[C@H](C)N(C[C@H]1C(=O)O[C@@H]3C[C@]4(C)CCC[C@@H](C)C4=C[C@H]31)CC2. The minimum absolute atomic E-state index is 0.00272. The number of carbonyl (C=O) groups excluding carboxylic acids is 1. The molecule has 1 saturated heterocycles. The molecule has 174 valence electrons. The second-order valence-electron chi connectivity index (χ2n) is 10.7. The van der Waals surface area contributed by atoms with Crippen molar-refractivity contribution in [1.29, 1.82) is 0 Å². The highest BCUT2D eigenvalue weighted by molar-refractivity contribution is 5.76. The van der Waals surface area contributed by atoms with Gasteiger partial charge in [0.1, 0.15) is 6.10 Å². The molecule has 0 amide bonds. The van der Waals surface area contributed by atoms with Gasteiger partial charge in [0.25, 0.3) is 0 Å². The van der Waals surface area contributed by atoms with E-state index in [1.54, 1.807) is 19.8 Å². The molecular weight excluding hydrogens is 402 g/mol. The molecule has 0 radical (unpaired) electrons. The smallest absolute Gasteiger partial charge is 0.311 e. The lowest BCUT2D eigenvalue weighted by Crippen LogP contribution is -2.42.